The Bertz CT molecular complexity index is 376. The molecule has 3 nitrogen and oxygen atoms in total. The molecule has 0 radical (unpaired) electrons. The lowest BCUT2D eigenvalue weighted by Crippen LogP contribution is -2.26. The number of halogens is 1. The summed E-state index contributed by atoms with van der Waals surface area (Å²) in [4.78, 5) is 11.7. The third kappa shape index (κ3) is 8.01. The van der Waals surface area contributed by atoms with Gasteiger partial charge in [-0.15, -0.1) is 0 Å². The topological polar surface area (TPSA) is 38.3 Å². The minimum absolute atomic E-state index is 0.0613. The number of ether oxygens (including phenoxy) is 1. The molecule has 0 heterocycles. The monoisotopic (exact) mass is 327 g/mol. The van der Waals surface area contributed by atoms with Crippen LogP contribution in [-0.2, 0) is 16.0 Å². The van der Waals surface area contributed by atoms with E-state index in [9.17, 15) is 4.79 Å². The second kappa shape index (κ2) is 9.10. The second-order valence-corrected chi connectivity index (χ2v) is 5.89. The summed E-state index contributed by atoms with van der Waals surface area (Å²) in [5, 5.41) is 2.90. The largest absolute Gasteiger partial charge is 0.381 e. The number of amides is 1. The predicted molar refractivity (Wildman–Crippen MR) is 81.1 cm³/mol. The zero-order valence-corrected chi connectivity index (χ0v) is 13.2. The number of carbonyl (C=O) groups is 1. The van der Waals surface area contributed by atoms with Crippen molar-refractivity contribution in [1.29, 1.82) is 0 Å². The summed E-state index contributed by atoms with van der Waals surface area (Å²) in [6.45, 7) is 6.41. The van der Waals surface area contributed by atoms with Crippen molar-refractivity contribution in [3.63, 3.8) is 0 Å². The fourth-order valence-corrected chi connectivity index (χ4v) is 1.84. The lowest BCUT2D eigenvalue weighted by atomic mass is 10.1. The van der Waals surface area contributed by atoms with Crippen LogP contribution < -0.4 is 5.32 Å². The Kier molecular flexibility index (Phi) is 7.75. The van der Waals surface area contributed by atoms with Crippen LogP contribution in [0.4, 0.5) is 0 Å². The van der Waals surface area contributed by atoms with Crippen molar-refractivity contribution in [3.8, 4) is 0 Å². The average Bonchev–Trinajstić information content (AvgIpc) is 2.36. The molecular formula is C15H22BrNO2. The Morgan fingerprint density at radius 2 is 2.00 bits per heavy atom. The van der Waals surface area contributed by atoms with E-state index in [2.05, 4.69) is 35.1 Å². The predicted octanol–water partition coefficient (Wildman–Crippen LogP) is 3.17. The molecule has 106 valence electrons. The maximum absolute atomic E-state index is 11.7. The standard InChI is InChI=1S/C15H22BrNO2/c1-12(2)11-19-9-3-8-17-15(18)10-13-4-6-14(16)7-5-13/h4-7,12H,3,8-11H2,1-2H3,(H,17,18). The second-order valence-electron chi connectivity index (χ2n) is 4.98. The molecule has 1 N–H and O–H groups in total. The summed E-state index contributed by atoms with van der Waals surface area (Å²) in [6, 6.07) is 7.80. The zero-order chi connectivity index (χ0) is 14.1. The van der Waals surface area contributed by atoms with Crippen LogP contribution in [0.2, 0.25) is 0 Å². The van der Waals surface area contributed by atoms with E-state index >= 15 is 0 Å². The normalized spacial score (nSPS) is 10.7. The van der Waals surface area contributed by atoms with Gasteiger partial charge in [0.2, 0.25) is 5.91 Å². The molecule has 0 saturated carbocycles. The van der Waals surface area contributed by atoms with E-state index in [1.807, 2.05) is 24.3 Å². The molecule has 0 unspecified atom stereocenters. The van der Waals surface area contributed by atoms with Gasteiger partial charge in [0, 0.05) is 24.2 Å². The van der Waals surface area contributed by atoms with Crippen molar-refractivity contribution in [2.75, 3.05) is 19.8 Å². The van der Waals surface area contributed by atoms with Crippen molar-refractivity contribution >= 4 is 21.8 Å². The molecule has 0 saturated heterocycles. The number of rotatable bonds is 8. The van der Waals surface area contributed by atoms with Gasteiger partial charge in [-0.1, -0.05) is 41.9 Å². The Labute approximate surface area is 123 Å². The molecule has 0 aliphatic carbocycles. The third-order valence-corrected chi connectivity index (χ3v) is 3.05. The lowest BCUT2D eigenvalue weighted by Gasteiger charge is -2.08. The zero-order valence-electron chi connectivity index (χ0n) is 11.6. The molecule has 0 aliphatic heterocycles. The van der Waals surface area contributed by atoms with Gasteiger partial charge in [-0.05, 0) is 30.0 Å². The molecule has 0 spiro atoms. The first-order valence-corrected chi connectivity index (χ1v) is 7.46. The van der Waals surface area contributed by atoms with E-state index < -0.39 is 0 Å². The third-order valence-electron chi connectivity index (χ3n) is 2.52. The Morgan fingerprint density at radius 1 is 1.32 bits per heavy atom. The fourth-order valence-electron chi connectivity index (χ4n) is 1.57. The molecule has 1 aromatic rings. The van der Waals surface area contributed by atoms with Crippen LogP contribution in [-0.4, -0.2) is 25.7 Å². The summed E-state index contributed by atoms with van der Waals surface area (Å²) in [7, 11) is 0. The van der Waals surface area contributed by atoms with E-state index in [0.29, 0.717) is 25.5 Å². The minimum atomic E-state index is 0.0613. The SMILES string of the molecule is CC(C)COCCCNC(=O)Cc1ccc(Br)cc1. The molecule has 19 heavy (non-hydrogen) atoms. The summed E-state index contributed by atoms with van der Waals surface area (Å²) < 4.78 is 6.48. The highest BCUT2D eigenvalue weighted by Crippen LogP contribution is 2.10. The quantitative estimate of drug-likeness (QED) is 0.745. The van der Waals surface area contributed by atoms with Gasteiger partial charge >= 0.3 is 0 Å². The Hall–Kier alpha value is -0.870. The highest BCUT2D eigenvalue weighted by atomic mass is 79.9. The van der Waals surface area contributed by atoms with E-state index in [0.717, 1.165) is 23.1 Å². The van der Waals surface area contributed by atoms with Crippen molar-refractivity contribution in [2.45, 2.75) is 26.7 Å². The molecule has 0 atom stereocenters. The van der Waals surface area contributed by atoms with Crippen LogP contribution in [0.25, 0.3) is 0 Å². The van der Waals surface area contributed by atoms with Gasteiger partial charge in [0.15, 0.2) is 0 Å². The molecule has 1 rings (SSSR count). The van der Waals surface area contributed by atoms with E-state index in [1.165, 1.54) is 0 Å². The summed E-state index contributed by atoms with van der Waals surface area (Å²) in [5.41, 5.74) is 1.02. The highest BCUT2D eigenvalue weighted by Gasteiger charge is 2.02. The first-order valence-electron chi connectivity index (χ1n) is 6.67. The molecule has 0 aromatic heterocycles. The number of benzene rings is 1. The van der Waals surface area contributed by atoms with Gasteiger partial charge in [-0.25, -0.2) is 0 Å². The lowest BCUT2D eigenvalue weighted by molar-refractivity contribution is -0.120. The maximum atomic E-state index is 11.7. The minimum Gasteiger partial charge on any atom is -0.381 e. The van der Waals surface area contributed by atoms with Crippen molar-refractivity contribution in [2.24, 2.45) is 5.92 Å². The van der Waals surface area contributed by atoms with Crippen molar-refractivity contribution < 1.29 is 9.53 Å². The number of carbonyl (C=O) groups excluding carboxylic acids is 1. The van der Waals surface area contributed by atoms with Gasteiger partial charge < -0.3 is 10.1 Å². The van der Waals surface area contributed by atoms with Crippen LogP contribution >= 0.6 is 15.9 Å². The van der Waals surface area contributed by atoms with E-state index in [-0.39, 0.29) is 5.91 Å². The molecule has 0 aliphatic rings. The molecular weight excluding hydrogens is 306 g/mol. The molecule has 1 amide bonds. The average molecular weight is 328 g/mol. The summed E-state index contributed by atoms with van der Waals surface area (Å²) in [5.74, 6) is 0.623. The first kappa shape index (κ1) is 16.2. The highest BCUT2D eigenvalue weighted by molar-refractivity contribution is 9.10. The first-order chi connectivity index (χ1) is 9.08. The van der Waals surface area contributed by atoms with Gasteiger partial charge in [0.25, 0.3) is 0 Å². The number of hydrogen-bond donors (Lipinski definition) is 1. The Morgan fingerprint density at radius 3 is 2.63 bits per heavy atom. The van der Waals surface area contributed by atoms with E-state index in [1.54, 1.807) is 0 Å². The van der Waals surface area contributed by atoms with Crippen molar-refractivity contribution in [3.05, 3.63) is 34.3 Å². The maximum Gasteiger partial charge on any atom is 0.224 e. The summed E-state index contributed by atoms with van der Waals surface area (Å²) >= 11 is 3.37. The fraction of sp³-hybridized carbons (Fsp3) is 0.533. The molecule has 0 fully saturated rings. The van der Waals surface area contributed by atoms with Crippen LogP contribution in [0.5, 0.6) is 0 Å². The molecule has 0 bridgehead atoms. The van der Waals surface area contributed by atoms with Crippen molar-refractivity contribution in [1.82, 2.24) is 5.32 Å². The summed E-state index contributed by atoms with van der Waals surface area (Å²) in [6.07, 6.45) is 1.29. The number of nitrogens with one attached hydrogen (secondary N) is 1. The molecule has 1 aromatic carbocycles. The van der Waals surface area contributed by atoms with Gasteiger partial charge in [0.05, 0.1) is 6.42 Å². The van der Waals surface area contributed by atoms with E-state index in [4.69, 9.17) is 4.74 Å². The van der Waals surface area contributed by atoms with Crippen LogP contribution in [0, 0.1) is 5.92 Å². The van der Waals surface area contributed by atoms with Crippen LogP contribution in [0.1, 0.15) is 25.8 Å². The van der Waals surface area contributed by atoms with Crippen LogP contribution in [0.15, 0.2) is 28.7 Å². The smallest absolute Gasteiger partial charge is 0.224 e. The van der Waals surface area contributed by atoms with Crippen LogP contribution in [0.3, 0.4) is 0 Å². The van der Waals surface area contributed by atoms with Gasteiger partial charge in [-0.3, -0.25) is 4.79 Å². The van der Waals surface area contributed by atoms with Gasteiger partial charge in [-0.2, -0.15) is 0 Å². The van der Waals surface area contributed by atoms with Gasteiger partial charge in [0.1, 0.15) is 0 Å². The molecule has 4 heteroatoms. The number of hydrogen-bond acceptors (Lipinski definition) is 2. The Balaban J connectivity index is 2.09.